The van der Waals surface area contributed by atoms with E-state index in [1.807, 2.05) is 50.2 Å². The molecule has 2 heterocycles. The van der Waals surface area contributed by atoms with Crippen LogP contribution in [-0.4, -0.2) is 53.2 Å². The van der Waals surface area contributed by atoms with Gasteiger partial charge in [0.2, 0.25) is 5.69 Å². The van der Waals surface area contributed by atoms with Gasteiger partial charge in [0.1, 0.15) is 16.7 Å². The first kappa shape index (κ1) is 53.5. The van der Waals surface area contributed by atoms with E-state index in [1.54, 1.807) is 6.07 Å². The molecule has 318 valence electrons. The number of nitrogens with zero attached hydrogens (tertiary/aromatic N) is 2. The van der Waals surface area contributed by atoms with Crippen LogP contribution in [0.25, 0.3) is 5.57 Å². The van der Waals surface area contributed by atoms with Crippen LogP contribution in [-0.2, 0) is 50.9 Å². The van der Waals surface area contributed by atoms with Crippen LogP contribution >= 0.6 is 24.1 Å². The molecule has 5 rings (SSSR count). The van der Waals surface area contributed by atoms with Crippen molar-refractivity contribution in [1.29, 1.82) is 0 Å². The first-order valence-electron chi connectivity index (χ1n) is 19.4. The van der Waals surface area contributed by atoms with Gasteiger partial charge in [-0.05, 0) is 104 Å². The van der Waals surface area contributed by atoms with Crippen LogP contribution in [0.5, 0.6) is 0 Å². The summed E-state index contributed by atoms with van der Waals surface area (Å²) in [5.74, 6) is -0.314. The van der Waals surface area contributed by atoms with Crippen molar-refractivity contribution < 1.29 is 116 Å². The van der Waals surface area contributed by atoms with Crippen molar-refractivity contribution in [2.75, 3.05) is 23.7 Å². The Hall–Kier alpha value is -1.81. The van der Waals surface area contributed by atoms with Gasteiger partial charge in [0.15, 0.2) is 5.71 Å². The molecular weight excluding hydrogens is 863 g/mol. The average molecular weight is 913 g/mol. The molecule has 2 aliphatic rings. The Bertz CT molecular complexity index is 2230. The van der Waals surface area contributed by atoms with Gasteiger partial charge in [-0.15, -0.1) is 0 Å². The molecule has 0 unspecified atom stereocenters. The third-order valence-electron chi connectivity index (χ3n) is 10.8. The number of unbranched alkanes of at least 4 members (excludes halogenated alkanes) is 2. The number of anilines is 1. The van der Waals surface area contributed by atoms with E-state index >= 15 is 0 Å². The van der Waals surface area contributed by atoms with Crippen LogP contribution < -0.4 is 74.5 Å². The first-order chi connectivity index (χ1) is 28.1. The summed E-state index contributed by atoms with van der Waals surface area (Å²) in [4.78, 5) is 13.8. The molecule has 1 N–H and O–H groups in total. The van der Waals surface area contributed by atoms with Crippen LogP contribution in [0.15, 0.2) is 100 Å². The second-order valence-corrected chi connectivity index (χ2v) is 18.4. The van der Waals surface area contributed by atoms with E-state index in [1.165, 1.54) is 12.1 Å². The van der Waals surface area contributed by atoms with Crippen LogP contribution in [0, 0.1) is 0 Å². The average Bonchev–Trinajstić information content (AvgIpc) is 3.54. The molecule has 18 heteroatoms. The number of allylic oxidation sites excluding steroid dienone is 6. The summed E-state index contributed by atoms with van der Waals surface area (Å²) in [6.45, 7) is 11.7. The molecule has 61 heavy (non-hydrogen) atoms. The predicted molar refractivity (Wildman–Crippen MR) is 223 cm³/mol. The zero-order chi connectivity index (χ0) is 42.8. The van der Waals surface area contributed by atoms with E-state index in [0.717, 1.165) is 94.0 Å². The van der Waals surface area contributed by atoms with Gasteiger partial charge >= 0.3 is 65.1 Å². The van der Waals surface area contributed by atoms with Crippen LogP contribution in [0.1, 0.15) is 95.4 Å². The number of carboxylic acid groups (broad SMARTS) is 1. The fourth-order valence-electron chi connectivity index (χ4n) is 7.80. The van der Waals surface area contributed by atoms with Crippen molar-refractivity contribution in [1.82, 2.24) is 0 Å². The number of carbonyl (C=O) groups is 1. The maximum atomic E-state index is 12.1. The minimum atomic E-state index is -4.67. The zero-order valence-electron chi connectivity index (χ0n) is 35.8. The molecule has 0 atom stereocenters. The Balaban J connectivity index is 0.00000496. The molecule has 0 saturated carbocycles. The molecule has 0 fully saturated rings. The van der Waals surface area contributed by atoms with Gasteiger partial charge in [-0.2, -0.15) is 13.2 Å². The molecule has 0 aliphatic carbocycles. The van der Waals surface area contributed by atoms with E-state index in [2.05, 4.69) is 79.4 Å². The maximum absolute atomic E-state index is 12.1. The van der Waals surface area contributed by atoms with Crippen LogP contribution in [0.4, 0.5) is 11.4 Å². The van der Waals surface area contributed by atoms with Gasteiger partial charge in [-0.1, -0.05) is 57.5 Å². The number of benzene rings is 3. The number of hydrogen-bond donors (Lipinski definition) is 1. The van der Waals surface area contributed by atoms with Gasteiger partial charge in [-0.25, -0.2) is 8.42 Å². The van der Waals surface area contributed by atoms with Crippen LogP contribution in [0.3, 0.4) is 0 Å². The molecule has 3 aromatic carbocycles. The first-order valence-corrected chi connectivity index (χ1v) is 22.5. The molecule has 3 aromatic rings. The van der Waals surface area contributed by atoms with Gasteiger partial charge in [-0.3, -0.25) is 14.9 Å². The summed E-state index contributed by atoms with van der Waals surface area (Å²) in [5, 5.41) is 37.3. The van der Waals surface area contributed by atoms with E-state index in [-0.39, 0.29) is 70.4 Å². The smallest absolute Gasteiger partial charge is 0.744 e. The van der Waals surface area contributed by atoms with E-state index in [9.17, 15) is 28.3 Å². The summed E-state index contributed by atoms with van der Waals surface area (Å²) in [7, 11) is -4.67. The second kappa shape index (κ2) is 24.5. The number of rotatable bonds is 22. The summed E-state index contributed by atoms with van der Waals surface area (Å²) in [6, 6.07) is 18.6. The fourth-order valence-corrected chi connectivity index (χ4v) is 9.05. The SMILES string of the molecule is CCCCN1/C(=C/C=C(/C=C/C2=[N+](CCCSOO[O-])c3ccc(SOO[O-])cc3C2(C)C)c2cccc(CCCCC(=O)O)c2)C(C)(C)c2cc(S(=O)(=O)[O-])ccc21.[Na+].[Na+]. The van der Waals surface area contributed by atoms with Crippen molar-refractivity contribution in [3.63, 3.8) is 0 Å². The van der Waals surface area contributed by atoms with Gasteiger partial charge < -0.3 is 25.1 Å². The Labute approximate surface area is 411 Å². The third-order valence-corrected chi connectivity index (χ3v) is 12.8. The Morgan fingerprint density at radius 3 is 2.36 bits per heavy atom. The van der Waals surface area contributed by atoms with Gasteiger partial charge in [0.25, 0.3) is 0 Å². The van der Waals surface area contributed by atoms with Crippen molar-refractivity contribution in [3.8, 4) is 0 Å². The summed E-state index contributed by atoms with van der Waals surface area (Å²) < 4.78 is 47.6. The minimum absolute atomic E-state index is 0. The van der Waals surface area contributed by atoms with Crippen molar-refractivity contribution in [3.05, 3.63) is 113 Å². The summed E-state index contributed by atoms with van der Waals surface area (Å²) in [5.41, 5.74) is 7.32. The molecule has 0 spiro atoms. The Morgan fingerprint density at radius 1 is 0.918 bits per heavy atom. The Morgan fingerprint density at radius 2 is 1.67 bits per heavy atom. The largest absolute Gasteiger partial charge is 1.00 e. The monoisotopic (exact) mass is 912 g/mol. The number of hydrogen-bond acceptors (Lipinski definition) is 13. The normalized spacial score (nSPS) is 16.2. The third kappa shape index (κ3) is 13.6. The zero-order valence-corrected chi connectivity index (χ0v) is 42.3. The molecular formula is C43H50N2Na2O11S3. The number of aryl methyl sites for hydroxylation is 1. The molecule has 0 aromatic heterocycles. The summed E-state index contributed by atoms with van der Waals surface area (Å²) in [6.07, 6.45) is 12.9. The van der Waals surface area contributed by atoms with Crippen molar-refractivity contribution >= 4 is 62.8 Å². The molecule has 0 saturated heterocycles. The molecule has 13 nitrogen and oxygen atoms in total. The van der Waals surface area contributed by atoms with E-state index in [0.29, 0.717) is 43.0 Å². The molecule has 0 radical (unpaired) electrons. The molecule has 2 aliphatic heterocycles. The predicted octanol–water partition coefficient (Wildman–Crippen LogP) is 1.39. The van der Waals surface area contributed by atoms with E-state index < -0.39 is 26.9 Å². The quantitative estimate of drug-likeness (QED) is 0.0223. The van der Waals surface area contributed by atoms with Crippen molar-refractivity contribution in [2.24, 2.45) is 0 Å². The molecule has 0 bridgehead atoms. The molecule has 0 amide bonds. The van der Waals surface area contributed by atoms with Gasteiger partial charge in [0, 0.05) is 76.6 Å². The maximum Gasteiger partial charge on any atom is 1.00 e. The topological polar surface area (TPSA) is 184 Å². The minimum Gasteiger partial charge on any atom is -0.744 e. The standard InChI is InChI=1S/C43H52N2O11S3.2Na/c1-6-7-24-44-38-21-19-34(59(50,51)52)29-36(38)43(4,5)40(44)23-17-31(32-14-10-13-30(27-32)12-8-9-15-41(46)47)16-22-39-42(2,3)35-28-33(58-56-54-49)18-20-37(35)45(39)25-11-26-57-55-53-48;;/h10,13-14,16-23,27-29H,6-9,11-12,15,24-26H2,1-5H3,(H3-,46,47,48,49,50,51,52);;/q;2*+1/p-2. The fraction of sp³-hybridized carbons (Fsp3) is 0.395. The second-order valence-electron chi connectivity index (χ2n) is 15.4. The number of aliphatic carboxylic acids is 1. The van der Waals surface area contributed by atoms with Gasteiger partial charge in [0.05, 0.1) is 22.4 Å². The number of carboxylic acids is 1. The Kier molecular flexibility index (Phi) is 21.5. The van der Waals surface area contributed by atoms with E-state index in [4.69, 9.17) is 5.11 Å². The number of fused-ring (bicyclic) bond motifs is 2. The van der Waals surface area contributed by atoms with Crippen molar-refractivity contribution in [2.45, 2.75) is 100 Å². The van der Waals surface area contributed by atoms with Crippen LogP contribution in [0.2, 0.25) is 0 Å². The summed E-state index contributed by atoms with van der Waals surface area (Å²) >= 11 is 1.76.